The molecular formula is C11H12N2O3. The fourth-order valence-corrected chi connectivity index (χ4v) is 1.59. The molecule has 2 N–H and O–H groups in total. The summed E-state index contributed by atoms with van der Waals surface area (Å²) < 4.78 is 0. The molecule has 1 aromatic rings. The topological polar surface area (TPSA) is 72.6 Å². The molecule has 2 rings (SSSR count). The number of hydrogen-bond acceptors (Lipinski definition) is 3. The lowest BCUT2D eigenvalue weighted by Crippen LogP contribution is -2.51. The Morgan fingerprint density at radius 3 is 2.69 bits per heavy atom. The monoisotopic (exact) mass is 220 g/mol. The van der Waals surface area contributed by atoms with Crippen molar-refractivity contribution in [2.24, 2.45) is 5.73 Å². The van der Waals surface area contributed by atoms with Crippen LogP contribution >= 0.6 is 0 Å². The number of rotatable bonds is 4. The van der Waals surface area contributed by atoms with E-state index in [0.29, 0.717) is 6.54 Å². The SMILES string of the molecule is NC(=O)CON1CC(c2ccccc2)C1=O. The van der Waals surface area contributed by atoms with Crippen LogP contribution in [0, 0.1) is 0 Å². The van der Waals surface area contributed by atoms with E-state index in [2.05, 4.69) is 0 Å². The molecule has 1 aromatic carbocycles. The van der Waals surface area contributed by atoms with Crippen LogP contribution in [0.3, 0.4) is 0 Å². The molecular weight excluding hydrogens is 208 g/mol. The lowest BCUT2D eigenvalue weighted by atomic mass is 9.92. The lowest BCUT2D eigenvalue weighted by Gasteiger charge is -2.36. The van der Waals surface area contributed by atoms with Gasteiger partial charge < -0.3 is 5.73 Å². The first-order valence-corrected chi connectivity index (χ1v) is 4.96. The van der Waals surface area contributed by atoms with Gasteiger partial charge in [-0.1, -0.05) is 30.3 Å². The number of amides is 2. The molecule has 0 bridgehead atoms. The van der Waals surface area contributed by atoms with Crippen molar-refractivity contribution in [2.75, 3.05) is 13.2 Å². The molecule has 0 radical (unpaired) electrons. The van der Waals surface area contributed by atoms with Crippen LogP contribution in [0.25, 0.3) is 0 Å². The Balaban J connectivity index is 1.90. The molecule has 1 atom stereocenters. The predicted octanol–water partition coefficient (Wildman–Crippen LogP) is 0.0293. The minimum atomic E-state index is -0.587. The number of nitrogens with zero attached hydrogens (tertiary/aromatic N) is 1. The molecule has 16 heavy (non-hydrogen) atoms. The highest BCUT2D eigenvalue weighted by atomic mass is 16.7. The van der Waals surface area contributed by atoms with Gasteiger partial charge in [0.05, 0.1) is 12.5 Å². The van der Waals surface area contributed by atoms with Crippen molar-refractivity contribution in [1.82, 2.24) is 5.06 Å². The standard InChI is InChI=1S/C11H12N2O3/c12-10(14)7-16-13-6-9(11(13)15)8-4-2-1-3-5-8/h1-5,9H,6-7H2,(H2,12,14). The molecule has 0 aliphatic carbocycles. The summed E-state index contributed by atoms with van der Waals surface area (Å²) in [5, 5.41) is 1.17. The Morgan fingerprint density at radius 2 is 2.12 bits per heavy atom. The normalized spacial score (nSPS) is 19.4. The molecule has 5 heteroatoms. The first-order chi connectivity index (χ1) is 7.68. The van der Waals surface area contributed by atoms with E-state index < -0.39 is 5.91 Å². The van der Waals surface area contributed by atoms with Gasteiger partial charge in [0.25, 0.3) is 5.91 Å². The molecule has 0 spiro atoms. The van der Waals surface area contributed by atoms with Crippen LogP contribution in [-0.4, -0.2) is 30.0 Å². The van der Waals surface area contributed by atoms with Crippen LogP contribution in [0.15, 0.2) is 30.3 Å². The third-order valence-corrected chi connectivity index (χ3v) is 2.46. The average Bonchev–Trinajstić information content (AvgIpc) is 2.28. The van der Waals surface area contributed by atoms with E-state index in [4.69, 9.17) is 10.6 Å². The van der Waals surface area contributed by atoms with Crippen LogP contribution in [0.5, 0.6) is 0 Å². The minimum absolute atomic E-state index is 0.132. The molecule has 1 aliphatic heterocycles. The van der Waals surface area contributed by atoms with Crippen LogP contribution in [0.2, 0.25) is 0 Å². The molecule has 2 amide bonds. The highest BCUT2D eigenvalue weighted by molar-refractivity contribution is 5.88. The van der Waals surface area contributed by atoms with Crippen molar-refractivity contribution < 1.29 is 14.4 Å². The summed E-state index contributed by atoms with van der Waals surface area (Å²) in [6.45, 7) is 0.212. The number of carbonyl (C=O) groups excluding carboxylic acids is 2. The first-order valence-electron chi connectivity index (χ1n) is 4.96. The molecule has 84 valence electrons. The van der Waals surface area contributed by atoms with E-state index in [0.717, 1.165) is 5.56 Å². The zero-order chi connectivity index (χ0) is 11.5. The van der Waals surface area contributed by atoms with Crippen LogP contribution < -0.4 is 5.73 Å². The van der Waals surface area contributed by atoms with Gasteiger partial charge in [-0.05, 0) is 5.56 Å². The Hall–Kier alpha value is -1.88. The molecule has 1 heterocycles. The van der Waals surface area contributed by atoms with Gasteiger partial charge in [0.15, 0.2) is 6.61 Å². The van der Waals surface area contributed by atoms with Gasteiger partial charge in [-0.2, -0.15) is 0 Å². The van der Waals surface area contributed by atoms with Gasteiger partial charge in [0.1, 0.15) is 0 Å². The van der Waals surface area contributed by atoms with Crippen LogP contribution in [0.1, 0.15) is 11.5 Å². The highest BCUT2D eigenvalue weighted by Crippen LogP contribution is 2.28. The second kappa shape index (κ2) is 4.32. The smallest absolute Gasteiger partial charge is 0.255 e. The number of hydroxylamine groups is 2. The molecule has 1 aliphatic rings. The summed E-state index contributed by atoms with van der Waals surface area (Å²) in [7, 11) is 0. The third kappa shape index (κ3) is 2.04. The molecule has 1 saturated heterocycles. The predicted molar refractivity (Wildman–Crippen MR) is 56.0 cm³/mol. The molecule has 5 nitrogen and oxygen atoms in total. The van der Waals surface area contributed by atoms with E-state index in [1.807, 2.05) is 30.3 Å². The van der Waals surface area contributed by atoms with Gasteiger partial charge >= 0.3 is 0 Å². The fourth-order valence-electron chi connectivity index (χ4n) is 1.59. The summed E-state index contributed by atoms with van der Waals surface area (Å²) in [5.41, 5.74) is 5.87. The van der Waals surface area contributed by atoms with Crippen molar-refractivity contribution >= 4 is 11.8 Å². The van der Waals surface area contributed by atoms with Gasteiger partial charge in [-0.25, -0.2) is 5.06 Å². The fraction of sp³-hybridized carbons (Fsp3) is 0.273. The number of primary amides is 1. The van der Waals surface area contributed by atoms with Crippen LogP contribution in [-0.2, 0) is 14.4 Å². The number of hydrogen-bond donors (Lipinski definition) is 1. The zero-order valence-electron chi connectivity index (χ0n) is 8.63. The van der Waals surface area contributed by atoms with E-state index >= 15 is 0 Å². The highest BCUT2D eigenvalue weighted by Gasteiger charge is 2.38. The maximum absolute atomic E-state index is 11.6. The minimum Gasteiger partial charge on any atom is -0.368 e. The van der Waals surface area contributed by atoms with Gasteiger partial charge in [0.2, 0.25) is 5.91 Å². The third-order valence-electron chi connectivity index (χ3n) is 2.46. The summed E-state index contributed by atoms with van der Waals surface area (Å²) >= 11 is 0. The Labute approximate surface area is 92.7 Å². The Morgan fingerprint density at radius 1 is 1.44 bits per heavy atom. The van der Waals surface area contributed by atoms with E-state index in [9.17, 15) is 9.59 Å². The maximum atomic E-state index is 11.6. The van der Waals surface area contributed by atoms with Gasteiger partial charge in [0, 0.05) is 0 Å². The van der Waals surface area contributed by atoms with Crippen LogP contribution in [0.4, 0.5) is 0 Å². The van der Waals surface area contributed by atoms with Gasteiger partial charge in [-0.3, -0.25) is 14.4 Å². The Bertz CT molecular complexity index is 405. The zero-order valence-corrected chi connectivity index (χ0v) is 8.63. The molecule has 1 fully saturated rings. The summed E-state index contributed by atoms with van der Waals surface area (Å²) in [5.74, 6) is -0.877. The average molecular weight is 220 g/mol. The van der Waals surface area contributed by atoms with E-state index in [1.165, 1.54) is 5.06 Å². The first kappa shape index (κ1) is 10.6. The van der Waals surface area contributed by atoms with Crippen molar-refractivity contribution in [3.05, 3.63) is 35.9 Å². The van der Waals surface area contributed by atoms with Crippen molar-refractivity contribution in [3.8, 4) is 0 Å². The second-order valence-electron chi connectivity index (χ2n) is 3.60. The summed E-state index contributed by atoms with van der Waals surface area (Å²) in [6.07, 6.45) is 0. The maximum Gasteiger partial charge on any atom is 0.255 e. The van der Waals surface area contributed by atoms with Crippen molar-refractivity contribution in [2.45, 2.75) is 5.92 Å². The molecule has 0 aromatic heterocycles. The summed E-state index contributed by atoms with van der Waals surface area (Å²) in [6, 6.07) is 9.46. The second-order valence-corrected chi connectivity index (χ2v) is 3.60. The number of carbonyl (C=O) groups is 2. The lowest BCUT2D eigenvalue weighted by molar-refractivity contribution is -0.211. The van der Waals surface area contributed by atoms with E-state index in [1.54, 1.807) is 0 Å². The Kier molecular flexibility index (Phi) is 2.87. The largest absolute Gasteiger partial charge is 0.368 e. The molecule has 0 saturated carbocycles. The van der Waals surface area contributed by atoms with Gasteiger partial charge in [-0.15, -0.1) is 0 Å². The number of benzene rings is 1. The number of nitrogens with two attached hydrogens (primary N) is 1. The van der Waals surface area contributed by atoms with E-state index in [-0.39, 0.29) is 18.4 Å². The van der Waals surface area contributed by atoms with Crippen molar-refractivity contribution in [3.63, 3.8) is 0 Å². The molecule has 1 unspecified atom stereocenters. The summed E-state index contributed by atoms with van der Waals surface area (Å²) in [4.78, 5) is 27.0. The number of β-lactam (4-membered cyclic amide) rings is 1. The van der Waals surface area contributed by atoms with Crippen molar-refractivity contribution in [1.29, 1.82) is 0 Å². The quantitative estimate of drug-likeness (QED) is 0.727.